The number of methoxy groups -OCH3 is 2. The van der Waals surface area contributed by atoms with Crippen LogP contribution in [0.25, 0.3) is 22.3 Å². The summed E-state index contributed by atoms with van der Waals surface area (Å²) in [7, 11) is -0.824. The van der Waals surface area contributed by atoms with E-state index in [0.29, 0.717) is 41.1 Å². The maximum absolute atomic E-state index is 16.2. The first-order valence-corrected chi connectivity index (χ1v) is 34.2. The number of benzene rings is 4. The smallest absolute Gasteiger partial charge is 0.475 e. The number of carbonyl (C=O) groups excluding carboxylic acids is 1. The highest BCUT2D eigenvalue weighted by molar-refractivity contribution is 7.48. The highest BCUT2D eigenvalue weighted by Gasteiger charge is 2.75. The summed E-state index contributed by atoms with van der Waals surface area (Å²) in [4.78, 5) is 59.2. The van der Waals surface area contributed by atoms with Gasteiger partial charge in [-0.05, 0) is 90.0 Å². The van der Waals surface area contributed by atoms with Crippen molar-refractivity contribution in [1.29, 1.82) is 5.26 Å². The molecule has 12 rings (SSSR count). The summed E-state index contributed by atoms with van der Waals surface area (Å²) in [6.45, 7) is 12.3. The van der Waals surface area contributed by atoms with Gasteiger partial charge in [-0.1, -0.05) is 100 Å². The highest BCUT2D eigenvalue weighted by Crippen LogP contribution is 2.73. The molecule has 2 saturated carbocycles. The van der Waals surface area contributed by atoms with Crippen molar-refractivity contribution in [3.63, 3.8) is 0 Å². The molecule has 2 aliphatic heterocycles. The van der Waals surface area contributed by atoms with Gasteiger partial charge < -0.3 is 42.9 Å². The lowest BCUT2D eigenvalue weighted by atomic mass is 9.79. The Morgan fingerprint density at radius 1 is 0.878 bits per heavy atom. The van der Waals surface area contributed by atoms with Gasteiger partial charge in [0, 0.05) is 25.1 Å². The van der Waals surface area contributed by atoms with Crippen LogP contribution in [-0.2, 0) is 42.4 Å². The van der Waals surface area contributed by atoms with Crippen LogP contribution in [0.5, 0.6) is 11.5 Å². The third kappa shape index (κ3) is 11.2. The van der Waals surface area contributed by atoms with Crippen LogP contribution in [0.1, 0.15) is 86.3 Å². The van der Waals surface area contributed by atoms with Crippen molar-refractivity contribution in [2.24, 2.45) is 16.3 Å². The van der Waals surface area contributed by atoms with E-state index in [2.05, 4.69) is 70.2 Å². The lowest BCUT2D eigenvalue weighted by molar-refractivity contribution is -0.173. The van der Waals surface area contributed by atoms with Gasteiger partial charge in [-0.3, -0.25) is 32.7 Å². The molecule has 2 saturated heterocycles. The van der Waals surface area contributed by atoms with E-state index < -0.39 is 75.0 Å². The number of carbonyl (C=O) groups is 1. The fraction of sp³-hybridized carbons (Fsp3) is 0.422. The summed E-state index contributed by atoms with van der Waals surface area (Å²) in [5, 5.41) is 12.5. The molecule has 10 atom stereocenters. The number of nitriles is 1. The van der Waals surface area contributed by atoms with E-state index in [1.54, 1.807) is 68.4 Å². The van der Waals surface area contributed by atoms with Gasteiger partial charge in [0.05, 0.1) is 83.8 Å². The molecule has 470 valence electrons. The summed E-state index contributed by atoms with van der Waals surface area (Å²) < 4.78 is 80.8. The highest BCUT2D eigenvalue weighted by atomic mass is 31.2. The van der Waals surface area contributed by atoms with Crippen molar-refractivity contribution >= 4 is 62.5 Å². The molecular weight excluding hydrogens is 1190 g/mol. The number of ether oxygens (including phenoxy) is 5. The molecule has 2 bridgehead atoms. The molecule has 26 heteroatoms. The minimum atomic E-state index is -4.79. The number of aromatic amines is 1. The first-order valence-electron chi connectivity index (χ1n) is 29.9. The standard InChI is InChI=1S/C64H73N12O12PSi/c1-11-63-35-82-51(59(86-63)76-39-69-48-56(76)72-60(73-58(48)78)70-37-74(5)6)53(63)87-89(79,83-32-18-31-65)84-34-62-33-46(62)49(75-38-68-47-54(66-36-67-55(47)75)71-57(77)40-19-14-12-15-20-40)50(88-90(9,10)61(2,3)4)52(62)85-64(41-21-16-13-17-22-41,42-23-27-44(80-7)28-24-42)43-25-29-45(81-8)30-26-43/h12-17,19-30,36-39,46,49-53,59H,11,18,32-35H2,1-10H3,(H,72,73,78)(H,66,67,71,77)/t46-,49-,50+,51-,52+,53+,59-,62-,63+,89?/m1/s1. The molecule has 24 nitrogen and oxygen atoms in total. The second-order valence-electron chi connectivity index (χ2n) is 24.9. The summed E-state index contributed by atoms with van der Waals surface area (Å²) in [6.07, 6.45) is 1.95. The number of hydrogen-bond acceptors (Lipinski definition) is 19. The number of nitrogens with one attached hydrogen (secondary N) is 2. The number of amides is 1. The number of phosphoric ester groups is 1. The molecule has 1 amide bonds. The van der Waals surface area contributed by atoms with Gasteiger partial charge in [0.25, 0.3) is 11.5 Å². The molecule has 4 fully saturated rings. The molecule has 1 unspecified atom stereocenters. The van der Waals surface area contributed by atoms with E-state index in [4.69, 9.17) is 51.6 Å². The maximum Gasteiger partial charge on any atom is 0.475 e. The fourth-order valence-corrected chi connectivity index (χ4v) is 15.3. The number of aromatic nitrogens is 8. The van der Waals surface area contributed by atoms with Crippen molar-refractivity contribution in [2.45, 2.75) is 113 Å². The Morgan fingerprint density at radius 3 is 2.16 bits per heavy atom. The van der Waals surface area contributed by atoms with E-state index in [1.165, 1.54) is 19.0 Å². The van der Waals surface area contributed by atoms with Crippen molar-refractivity contribution < 1.29 is 51.0 Å². The molecule has 4 aliphatic rings. The fourth-order valence-electron chi connectivity index (χ4n) is 12.5. The number of H-pyrrole nitrogens is 1. The lowest BCUT2D eigenvalue weighted by Gasteiger charge is -2.46. The average molecular weight is 1260 g/mol. The summed E-state index contributed by atoms with van der Waals surface area (Å²) in [5.41, 5.74) is -0.451. The predicted octanol–water partition coefficient (Wildman–Crippen LogP) is 10.3. The molecule has 6 heterocycles. The zero-order chi connectivity index (χ0) is 63.4. The van der Waals surface area contributed by atoms with Gasteiger partial charge in [-0.25, -0.2) is 29.5 Å². The Kier molecular flexibility index (Phi) is 16.8. The molecule has 2 aliphatic carbocycles. The van der Waals surface area contributed by atoms with Crippen molar-refractivity contribution in [3.05, 3.63) is 161 Å². The third-order valence-corrected chi connectivity index (χ3v) is 24.2. The molecule has 0 radical (unpaired) electrons. The van der Waals surface area contributed by atoms with Crippen LogP contribution in [0.2, 0.25) is 18.1 Å². The van der Waals surface area contributed by atoms with E-state index in [0.717, 1.165) is 16.7 Å². The number of rotatable bonds is 24. The molecule has 2 N–H and O–H groups in total. The first kappa shape index (κ1) is 62.2. The minimum absolute atomic E-state index is 0.0422. The van der Waals surface area contributed by atoms with Gasteiger partial charge in [0.15, 0.2) is 42.7 Å². The van der Waals surface area contributed by atoms with E-state index in [9.17, 15) is 14.9 Å². The normalized spacial score (nSPS) is 24.5. The quantitative estimate of drug-likeness (QED) is 0.0142. The van der Waals surface area contributed by atoms with E-state index in [1.807, 2.05) is 96.4 Å². The van der Waals surface area contributed by atoms with Crippen molar-refractivity contribution in [1.82, 2.24) is 43.9 Å². The molecule has 0 spiro atoms. The Balaban J connectivity index is 0.998. The Bertz CT molecular complexity index is 4060. The maximum atomic E-state index is 16.2. The summed E-state index contributed by atoms with van der Waals surface area (Å²) in [6, 6.07) is 35.9. The van der Waals surface area contributed by atoms with Gasteiger partial charge >= 0.3 is 7.82 Å². The number of anilines is 1. The van der Waals surface area contributed by atoms with E-state index in [-0.39, 0.29) is 66.0 Å². The Morgan fingerprint density at radius 2 is 1.52 bits per heavy atom. The van der Waals surface area contributed by atoms with Crippen LogP contribution in [0.4, 0.5) is 11.8 Å². The Labute approximate surface area is 521 Å². The number of hydrogen-bond donors (Lipinski definition) is 2. The number of fused-ring (bicyclic) bond motifs is 5. The molecule has 4 aromatic carbocycles. The second kappa shape index (κ2) is 24.3. The van der Waals surface area contributed by atoms with Gasteiger partial charge in [-0.2, -0.15) is 10.2 Å². The van der Waals surface area contributed by atoms with Crippen LogP contribution in [0.15, 0.2) is 138 Å². The van der Waals surface area contributed by atoms with Crippen molar-refractivity contribution in [2.75, 3.05) is 53.5 Å². The van der Waals surface area contributed by atoms with Crippen LogP contribution in [-0.4, -0.2) is 143 Å². The van der Waals surface area contributed by atoms with Gasteiger partial charge in [-0.15, -0.1) is 0 Å². The summed E-state index contributed by atoms with van der Waals surface area (Å²) >= 11 is 0. The molecule has 90 heavy (non-hydrogen) atoms. The summed E-state index contributed by atoms with van der Waals surface area (Å²) in [5.74, 6) is 0.790. The van der Waals surface area contributed by atoms with Crippen LogP contribution < -0.4 is 20.3 Å². The predicted molar refractivity (Wildman–Crippen MR) is 336 cm³/mol. The van der Waals surface area contributed by atoms with Crippen molar-refractivity contribution in [3.8, 4) is 17.6 Å². The molecule has 4 aromatic heterocycles. The zero-order valence-corrected chi connectivity index (χ0v) is 53.7. The average Bonchev–Trinajstić information content (AvgIpc) is 1.50. The Hall–Kier alpha value is -8.02. The lowest BCUT2D eigenvalue weighted by Crippen LogP contribution is -2.52. The number of nitrogens with zero attached hydrogens (tertiary/aromatic N) is 10. The largest absolute Gasteiger partial charge is 0.497 e. The number of aliphatic imine (C=N–C) groups is 1. The third-order valence-electron chi connectivity index (χ3n) is 18.3. The van der Waals surface area contributed by atoms with Crippen LogP contribution >= 0.6 is 7.82 Å². The molecule has 8 aromatic rings. The number of imidazole rings is 2. The monoisotopic (exact) mass is 1260 g/mol. The molecular formula is C64H73N12O12PSi. The minimum Gasteiger partial charge on any atom is -0.497 e. The first-order chi connectivity index (χ1) is 43.2. The van der Waals surface area contributed by atoms with Crippen LogP contribution in [0.3, 0.4) is 0 Å². The van der Waals surface area contributed by atoms with E-state index >= 15 is 4.57 Å². The van der Waals surface area contributed by atoms with Gasteiger partial charge in [0.2, 0.25) is 5.95 Å². The topological polar surface area (TPSA) is 276 Å². The number of phosphoric acid groups is 1. The van der Waals surface area contributed by atoms with Crippen LogP contribution in [0, 0.1) is 22.7 Å². The SMILES string of the molecule is CC[C@@]12CO[C@@H]([C@H](n3cnc4c(=O)[nH]c(N=CN(C)C)nc43)O1)[C@@H]2OP(=O)(OCCC#N)OC[C@]12C[C@@H]1[C@@H](n1cnc3c(NC(=O)c4ccccc4)ncnc31)[C@H](O[Si](C)(C)C(C)(C)C)[C@@H]2OC(c1ccccc1)(c1ccc(OC)cc1)c1ccc(OC)cc1. The second-order valence-corrected chi connectivity index (χ2v) is 31.3. The zero-order valence-electron chi connectivity index (χ0n) is 51.8. The van der Waals surface area contributed by atoms with Gasteiger partial charge in [0.1, 0.15) is 41.2 Å².